The molecule has 5 nitrogen and oxygen atoms in total. The highest BCUT2D eigenvalue weighted by Crippen LogP contribution is 2.25. The molecular formula is C23H19FN2O3S. The van der Waals surface area contributed by atoms with Crippen LogP contribution < -0.4 is 9.04 Å². The molecule has 0 saturated heterocycles. The number of fused-ring (bicyclic) bond motifs is 1. The number of anilines is 1. The van der Waals surface area contributed by atoms with Gasteiger partial charge in [-0.25, -0.2) is 12.8 Å². The average Bonchev–Trinajstić information content (AvgIpc) is 2.77. The molecule has 4 rings (SSSR count). The summed E-state index contributed by atoms with van der Waals surface area (Å²) in [5.41, 5.74) is 1.83. The molecule has 0 fully saturated rings. The summed E-state index contributed by atoms with van der Waals surface area (Å²) < 4.78 is 46.3. The SMILES string of the molecule is CN(c1ccc(OCc2cc(F)cc3cccnc23)cc1)S(=O)(=O)c1ccccc1. The molecule has 4 aromatic rings. The first-order valence-corrected chi connectivity index (χ1v) is 10.7. The molecule has 0 spiro atoms. The van der Waals surface area contributed by atoms with Crippen LogP contribution in [0.15, 0.2) is 90.0 Å². The summed E-state index contributed by atoms with van der Waals surface area (Å²) in [4.78, 5) is 4.53. The maximum absolute atomic E-state index is 13.9. The Morgan fingerprint density at radius 1 is 0.967 bits per heavy atom. The Kier molecular flexibility index (Phi) is 5.37. The minimum absolute atomic E-state index is 0.142. The van der Waals surface area contributed by atoms with Crippen molar-refractivity contribution in [3.05, 3.63) is 96.4 Å². The van der Waals surface area contributed by atoms with Crippen LogP contribution in [0.3, 0.4) is 0 Å². The molecule has 0 aliphatic carbocycles. The summed E-state index contributed by atoms with van der Waals surface area (Å²) in [6.45, 7) is 0.142. The van der Waals surface area contributed by atoms with Crippen molar-refractivity contribution in [2.45, 2.75) is 11.5 Å². The quantitative estimate of drug-likeness (QED) is 0.449. The van der Waals surface area contributed by atoms with Gasteiger partial charge in [-0.1, -0.05) is 24.3 Å². The van der Waals surface area contributed by atoms with Crippen molar-refractivity contribution < 1.29 is 17.5 Å². The van der Waals surface area contributed by atoms with Gasteiger partial charge in [-0.05, 0) is 54.6 Å². The standard InChI is InChI=1S/C23H19FN2O3S/c1-26(30(27,28)22-7-3-2-4-8-22)20-9-11-21(12-10-20)29-16-18-15-19(24)14-17-6-5-13-25-23(17)18/h2-15H,16H2,1H3. The van der Waals surface area contributed by atoms with E-state index in [9.17, 15) is 12.8 Å². The highest BCUT2D eigenvalue weighted by Gasteiger charge is 2.20. The second-order valence-electron chi connectivity index (χ2n) is 6.71. The number of nitrogens with zero attached hydrogens (tertiary/aromatic N) is 2. The van der Waals surface area contributed by atoms with Crippen LogP contribution in [0.2, 0.25) is 0 Å². The number of halogens is 1. The van der Waals surface area contributed by atoms with E-state index in [1.165, 1.54) is 23.5 Å². The van der Waals surface area contributed by atoms with Gasteiger partial charge < -0.3 is 4.74 Å². The van der Waals surface area contributed by atoms with Gasteiger partial charge in [0.2, 0.25) is 0 Å². The monoisotopic (exact) mass is 422 g/mol. The Morgan fingerprint density at radius 2 is 1.70 bits per heavy atom. The van der Waals surface area contributed by atoms with E-state index < -0.39 is 10.0 Å². The molecule has 30 heavy (non-hydrogen) atoms. The number of rotatable bonds is 6. The molecule has 0 N–H and O–H groups in total. The Bertz CT molecular complexity index is 1280. The highest BCUT2D eigenvalue weighted by molar-refractivity contribution is 7.92. The fourth-order valence-electron chi connectivity index (χ4n) is 3.14. The van der Waals surface area contributed by atoms with E-state index >= 15 is 0 Å². The number of pyridine rings is 1. The maximum atomic E-state index is 13.9. The number of benzene rings is 3. The molecule has 0 aliphatic rings. The summed E-state index contributed by atoms with van der Waals surface area (Å²) in [6, 6.07) is 21.3. The molecule has 0 saturated carbocycles. The first-order valence-electron chi connectivity index (χ1n) is 9.25. The van der Waals surface area contributed by atoms with Gasteiger partial charge in [0, 0.05) is 24.2 Å². The van der Waals surface area contributed by atoms with Crippen molar-refractivity contribution >= 4 is 26.6 Å². The number of sulfonamides is 1. The zero-order chi connectivity index (χ0) is 21.1. The van der Waals surface area contributed by atoms with Crippen LogP contribution in [0.4, 0.5) is 10.1 Å². The van der Waals surface area contributed by atoms with E-state index in [0.717, 1.165) is 0 Å². The second-order valence-corrected chi connectivity index (χ2v) is 8.68. The lowest BCUT2D eigenvalue weighted by molar-refractivity contribution is 0.307. The van der Waals surface area contributed by atoms with Crippen molar-refractivity contribution in [3.63, 3.8) is 0 Å². The van der Waals surface area contributed by atoms with Crippen molar-refractivity contribution in [1.29, 1.82) is 0 Å². The number of hydrogen-bond donors (Lipinski definition) is 0. The van der Waals surface area contributed by atoms with Crippen LogP contribution in [-0.4, -0.2) is 20.4 Å². The van der Waals surface area contributed by atoms with Gasteiger partial charge >= 0.3 is 0 Å². The van der Waals surface area contributed by atoms with Gasteiger partial charge in [0.1, 0.15) is 18.2 Å². The maximum Gasteiger partial charge on any atom is 0.264 e. The lowest BCUT2D eigenvalue weighted by Crippen LogP contribution is -2.26. The van der Waals surface area contributed by atoms with Crippen LogP contribution in [0, 0.1) is 5.82 Å². The molecule has 0 unspecified atom stereocenters. The molecule has 1 aromatic heterocycles. The molecule has 0 radical (unpaired) electrons. The third-order valence-corrected chi connectivity index (χ3v) is 6.54. The summed E-state index contributed by atoms with van der Waals surface area (Å²) in [7, 11) is -2.14. The molecule has 0 atom stereocenters. The molecule has 3 aromatic carbocycles. The highest BCUT2D eigenvalue weighted by atomic mass is 32.2. The Balaban J connectivity index is 1.51. The van der Waals surface area contributed by atoms with Gasteiger partial charge in [0.15, 0.2) is 0 Å². The minimum Gasteiger partial charge on any atom is -0.489 e. The van der Waals surface area contributed by atoms with Crippen LogP contribution in [-0.2, 0) is 16.6 Å². The van der Waals surface area contributed by atoms with E-state index in [0.29, 0.717) is 27.9 Å². The summed E-state index contributed by atoms with van der Waals surface area (Å²) in [5.74, 6) is 0.190. The molecular weight excluding hydrogens is 403 g/mol. The molecule has 0 bridgehead atoms. The van der Waals surface area contributed by atoms with E-state index in [-0.39, 0.29) is 17.3 Å². The lowest BCUT2D eigenvalue weighted by Gasteiger charge is -2.20. The lowest BCUT2D eigenvalue weighted by atomic mass is 10.1. The van der Waals surface area contributed by atoms with Crippen LogP contribution in [0.25, 0.3) is 10.9 Å². The number of ether oxygens (including phenoxy) is 1. The first-order chi connectivity index (χ1) is 14.4. The van der Waals surface area contributed by atoms with Gasteiger partial charge in [-0.2, -0.15) is 0 Å². The summed E-state index contributed by atoms with van der Waals surface area (Å²) >= 11 is 0. The summed E-state index contributed by atoms with van der Waals surface area (Å²) in [6.07, 6.45) is 1.65. The third kappa shape index (κ3) is 3.97. The van der Waals surface area contributed by atoms with Crippen LogP contribution >= 0.6 is 0 Å². The third-order valence-electron chi connectivity index (χ3n) is 4.74. The smallest absolute Gasteiger partial charge is 0.264 e. The van der Waals surface area contributed by atoms with Gasteiger partial charge in [0.05, 0.1) is 16.1 Å². The molecule has 0 amide bonds. The predicted molar refractivity (Wildman–Crippen MR) is 115 cm³/mol. The van der Waals surface area contributed by atoms with E-state index in [1.54, 1.807) is 72.9 Å². The minimum atomic E-state index is -3.65. The predicted octanol–water partition coefficient (Wildman–Crippen LogP) is 4.78. The largest absolute Gasteiger partial charge is 0.489 e. The van der Waals surface area contributed by atoms with Crippen molar-refractivity contribution in [1.82, 2.24) is 4.98 Å². The van der Waals surface area contributed by atoms with Gasteiger partial charge in [0.25, 0.3) is 10.0 Å². The number of hydrogen-bond acceptors (Lipinski definition) is 4. The van der Waals surface area contributed by atoms with Crippen LogP contribution in [0.1, 0.15) is 5.56 Å². The van der Waals surface area contributed by atoms with Gasteiger partial charge in [-0.15, -0.1) is 0 Å². The molecule has 0 aliphatic heterocycles. The Labute approximate surface area is 174 Å². The second kappa shape index (κ2) is 8.12. The fraction of sp³-hybridized carbons (Fsp3) is 0.0870. The van der Waals surface area contributed by atoms with Crippen LogP contribution in [0.5, 0.6) is 5.75 Å². The Morgan fingerprint density at radius 3 is 2.43 bits per heavy atom. The Hall–Kier alpha value is -3.45. The number of aromatic nitrogens is 1. The van der Waals surface area contributed by atoms with E-state index in [4.69, 9.17) is 4.74 Å². The zero-order valence-corrected chi connectivity index (χ0v) is 17.0. The fourth-order valence-corrected chi connectivity index (χ4v) is 4.36. The molecule has 1 heterocycles. The summed E-state index contributed by atoms with van der Waals surface area (Å²) in [5, 5.41) is 0.708. The van der Waals surface area contributed by atoms with Crippen molar-refractivity contribution in [2.24, 2.45) is 0 Å². The zero-order valence-electron chi connectivity index (χ0n) is 16.2. The first kappa shape index (κ1) is 19.8. The van der Waals surface area contributed by atoms with Crippen molar-refractivity contribution in [2.75, 3.05) is 11.4 Å². The van der Waals surface area contributed by atoms with E-state index in [2.05, 4.69) is 4.98 Å². The molecule has 152 valence electrons. The average molecular weight is 422 g/mol. The normalized spacial score (nSPS) is 11.4. The topological polar surface area (TPSA) is 59.5 Å². The van der Waals surface area contributed by atoms with Gasteiger partial charge in [-0.3, -0.25) is 9.29 Å². The van der Waals surface area contributed by atoms with E-state index in [1.807, 2.05) is 0 Å². The van der Waals surface area contributed by atoms with Crippen molar-refractivity contribution in [3.8, 4) is 5.75 Å². The molecule has 7 heteroatoms.